The monoisotopic (exact) mass is 511 g/mol. The van der Waals surface area contributed by atoms with Crippen molar-refractivity contribution >= 4 is 35.4 Å². The van der Waals surface area contributed by atoms with Crippen LogP contribution in [0.15, 0.2) is 47.6 Å². The number of aromatic hydroxyl groups is 1. The van der Waals surface area contributed by atoms with Crippen LogP contribution in [0.4, 0.5) is 36.8 Å². The van der Waals surface area contributed by atoms with Gasteiger partial charge in [-0.25, -0.2) is 14.5 Å². The molecule has 1 aliphatic rings. The van der Waals surface area contributed by atoms with Gasteiger partial charge < -0.3 is 15.1 Å². The van der Waals surface area contributed by atoms with E-state index in [2.05, 4.69) is 4.98 Å². The Kier molecular flexibility index (Phi) is 8.02. The number of carbonyl (C=O) groups excluding carboxylic acids is 2. The van der Waals surface area contributed by atoms with Crippen molar-refractivity contribution in [2.24, 2.45) is 0 Å². The Morgan fingerprint density at radius 3 is 2.12 bits per heavy atom. The van der Waals surface area contributed by atoms with E-state index in [1.54, 1.807) is 6.92 Å². The molecule has 0 spiro atoms. The predicted molar refractivity (Wildman–Crippen MR) is 106 cm³/mol. The standard InChI is InChI=1S/C17H14F3N3O3S.C2HF3O2/c1-10-15(25)23(12-2-4-13(5-3-12)27-17(18,19)20)16(26)22(10)9-11-6-7-21-8-14(11)24;3-2(4,5)1(6)7/h2-8,10,24H,9H2,1H3;(H,6,7)/t10-;/m1./s1. The van der Waals surface area contributed by atoms with Crippen LogP contribution in [0.3, 0.4) is 0 Å². The van der Waals surface area contributed by atoms with Crippen LogP contribution in [-0.4, -0.2) is 55.7 Å². The van der Waals surface area contributed by atoms with Crippen molar-refractivity contribution in [3.63, 3.8) is 0 Å². The van der Waals surface area contributed by atoms with Crippen LogP contribution in [0.1, 0.15) is 12.5 Å². The molecular weight excluding hydrogens is 496 g/mol. The van der Waals surface area contributed by atoms with E-state index in [1.807, 2.05) is 0 Å². The number of thioether (sulfide) groups is 1. The van der Waals surface area contributed by atoms with Crippen molar-refractivity contribution in [2.45, 2.75) is 36.1 Å². The SMILES string of the molecule is C[C@@H]1C(=O)N(c2ccc(SC(F)(F)F)cc2)C(=O)N1Cc1ccncc1O.O=C(O)C(F)(F)F. The van der Waals surface area contributed by atoms with Gasteiger partial charge in [0.15, 0.2) is 0 Å². The van der Waals surface area contributed by atoms with Crippen LogP contribution < -0.4 is 4.90 Å². The van der Waals surface area contributed by atoms with Crippen LogP contribution in [-0.2, 0) is 16.1 Å². The van der Waals surface area contributed by atoms with Gasteiger partial charge >= 0.3 is 23.7 Å². The van der Waals surface area contributed by atoms with E-state index in [0.29, 0.717) is 5.56 Å². The molecule has 15 heteroatoms. The molecule has 1 fully saturated rings. The van der Waals surface area contributed by atoms with E-state index >= 15 is 0 Å². The summed E-state index contributed by atoms with van der Waals surface area (Å²) in [5.74, 6) is -3.35. The van der Waals surface area contributed by atoms with Gasteiger partial charge in [0.1, 0.15) is 11.8 Å². The first-order valence-electron chi connectivity index (χ1n) is 9.04. The van der Waals surface area contributed by atoms with E-state index in [9.17, 15) is 41.0 Å². The summed E-state index contributed by atoms with van der Waals surface area (Å²) >= 11 is -0.274. The molecule has 2 aromatic rings. The molecule has 0 unspecified atom stereocenters. The summed E-state index contributed by atoms with van der Waals surface area (Å²) in [4.78, 5) is 40.0. The van der Waals surface area contributed by atoms with Crippen molar-refractivity contribution in [1.82, 2.24) is 9.88 Å². The molecule has 0 radical (unpaired) electrons. The molecule has 2 N–H and O–H groups in total. The molecule has 0 saturated carbocycles. The van der Waals surface area contributed by atoms with Crippen molar-refractivity contribution < 1.29 is 50.9 Å². The molecule has 8 nitrogen and oxygen atoms in total. The fraction of sp³-hybridized carbons (Fsp3) is 0.263. The number of rotatable bonds is 4. The number of benzene rings is 1. The van der Waals surface area contributed by atoms with Crippen LogP contribution >= 0.6 is 11.8 Å². The van der Waals surface area contributed by atoms with Crippen molar-refractivity contribution in [2.75, 3.05) is 4.90 Å². The molecule has 184 valence electrons. The highest BCUT2D eigenvalue weighted by atomic mass is 32.2. The number of halogens is 6. The number of carboxylic acid groups (broad SMARTS) is 1. The second kappa shape index (κ2) is 10.2. The second-order valence-electron chi connectivity index (χ2n) is 6.61. The van der Waals surface area contributed by atoms with Crippen LogP contribution in [0.5, 0.6) is 5.75 Å². The number of aromatic nitrogens is 1. The summed E-state index contributed by atoms with van der Waals surface area (Å²) in [5, 5.41) is 16.9. The molecule has 0 bridgehead atoms. The Morgan fingerprint density at radius 2 is 1.65 bits per heavy atom. The van der Waals surface area contributed by atoms with Gasteiger partial charge in [0.25, 0.3) is 5.91 Å². The maximum Gasteiger partial charge on any atom is 0.490 e. The highest BCUT2D eigenvalue weighted by Gasteiger charge is 2.43. The second-order valence-corrected chi connectivity index (χ2v) is 7.75. The summed E-state index contributed by atoms with van der Waals surface area (Å²) in [6.45, 7) is 1.55. The topological polar surface area (TPSA) is 111 Å². The number of hydrogen-bond acceptors (Lipinski definition) is 6. The normalized spacial score (nSPS) is 16.4. The fourth-order valence-electron chi connectivity index (χ4n) is 2.68. The van der Waals surface area contributed by atoms with E-state index < -0.39 is 35.6 Å². The number of carboxylic acids is 1. The summed E-state index contributed by atoms with van der Waals surface area (Å²) in [5.41, 5.74) is -3.81. The van der Waals surface area contributed by atoms with Crippen LogP contribution in [0.25, 0.3) is 0 Å². The lowest BCUT2D eigenvalue weighted by Crippen LogP contribution is -2.33. The fourth-order valence-corrected chi connectivity index (χ4v) is 3.22. The molecule has 3 amide bonds. The Bertz CT molecular complexity index is 1060. The highest BCUT2D eigenvalue weighted by Crippen LogP contribution is 2.38. The van der Waals surface area contributed by atoms with Crippen LogP contribution in [0, 0.1) is 0 Å². The maximum absolute atomic E-state index is 12.7. The summed E-state index contributed by atoms with van der Waals surface area (Å²) < 4.78 is 69.0. The maximum atomic E-state index is 12.7. The Balaban J connectivity index is 0.000000509. The third-order valence-corrected chi connectivity index (χ3v) is 5.02. The lowest BCUT2D eigenvalue weighted by molar-refractivity contribution is -0.192. The van der Waals surface area contributed by atoms with Gasteiger partial charge in [-0.2, -0.15) is 26.3 Å². The Labute approximate surface area is 191 Å². The molecule has 1 saturated heterocycles. The van der Waals surface area contributed by atoms with E-state index in [4.69, 9.17) is 9.90 Å². The third-order valence-electron chi connectivity index (χ3n) is 4.28. The number of pyridine rings is 1. The minimum atomic E-state index is -5.08. The quantitative estimate of drug-likeness (QED) is 0.356. The third kappa shape index (κ3) is 6.76. The van der Waals surface area contributed by atoms with Crippen molar-refractivity contribution in [3.05, 3.63) is 48.3 Å². The number of carbonyl (C=O) groups is 3. The number of hydrogen-bond donors (Lipinski definition) is 2. The van der Waals surface area contributed by atoms with Gasteiger partial charge in [0.2, 0.25) is 0 Å². The van der Waals surface area contributed by atoms with E-state index in [-0.39, 0.29) is 34.6 Å². The molecule has 1 aliphatic heterocycles. The first-order valence-corrected chi connectivity index (χ1v) is 9.86. The smallest absolute Gasteiger partial charge is 0.490 e. The molecular formula is C19H15F6N3O5S. The zero-order chi connectivity index (χ0) is 25.8. The number of urea groups is 1. The average Bonchev–Trinajstić information content (AvgIpc) is 2.92. The van der Waals surface area contributed by atoms with E-state index in [1.165, 1.54) is 47.6 Å². The Morgan fingerprint density at radius 1 is 1.09 bits per heavy atom. The average molecular weight is 511 g/mol. The van der Waals surface area contributed by atoms with Gasteiger partial charge in [-0.15, -0.1) is 0 Å². The van der Waals surface area contributed by atoms with Gasteiger partial charge in [-0.05, 0) is 49.0 Å². The highest BCUT2D eigenvalue weighted by molar-refractivity contribution is 8.00. The number of aliphatic carboxylic acids is 1. The summed E-state index contributed by atoms with van der Waals surface area (Å²) in [7, 11) is 0. The zero-order valence-electron chi connectivity index (χ0n) is 17.0. The molecule has 3 rings (SSSR count). The summed E-state index contributed by atoms with van der Waals surface area (Å²) in [6, 6.07) is 5.14. The Hall–Kier alpha value is -3.49. The lowest BCUT2D eigenvalue weighted by Gasteiger charge is -2.19. The molecule has 34 heavy (non-hydrogen) atoms. The lowest BCUT2D eigenvalue weighted by atomic mass is 10.2. The molecule has 0 aliphatic carbocycles. The molecule has 2 heterocycles. The minimum Gasteiger partial charge on any atom is -0.506 e. The number of nitrogens with zero attached hydrogens (tertiary/aromatic N) is 3. The van der Waals surface area contributed by atoms with Crippen LogP contribution in [0.2, 0.25) is 0 Å². The molecule has 1 aromatic heterocycles. The summed E-state index contributed by atoms with van der Waals surface area (Å²) in [6.07, 6.45) is -2.39. The minimum absolute atomic E-state index is 0.00139. The first kappa shape index (κ1) is 26.8. The van der Waals surface area contributed by atoms with Crippen molar-refractivity contribution in [3.8, 4) is 5.75 Å². The molecule has 1 aromatic carbocycles. The largest absolute Gasteiger partial charge is 0.506 e. The van der Waals surface area contributed by atoms with Gasteiger partial charge in [0.05, 0.1) is 18.4 Å². The predicted octanol–water partition coefficient (Wildman–Crippen LogP) is 4.39. The van der Waals surface area contributed by atoms with Gasteiger partial charge in [-0.3, -0.25) is 9.78 Å². The number of amides is 3. The number of anilines is 1. The van der Waals surface area contributed by atoms with Gasteiger partial charge in [0, 0.05) is 16.7 Å². The zero-order valence-corrected chi connectivity index (χ0v) is 17.8. The number of imide groups is 1. The van der Waals surface area contributed by atoms with Crippen molar-refractivity contribution in [1.29, 1.82) is 0 Å². The molecule has 1 atom stereocenters. The van der Waals surface area contributed by atoms with Gasteiger partial charge in [-0.1, -0.05) is 0 Å². The van der Waals surface area contributed by atoms with E-state index in [0.717, 1.165) is 4.90 Å². The number of alkyl halides is 6. The first-order chi connectivity index (χ1) is 15.6.